The summed E-state index contributed by atoms with van der Waals surface area (Å²) in [5, 5.41) is 4.31. The van der Waals surface area contributed by atoms with Crippen molar-refractivity contribution in [1.82, 2.24) is 10.1 Å². The summed E-state index contributed by atoms with van der Waals surface area (Å²) in [6.45, 7) is 4.11. The van der Waals surface area contributed by atoms with Crippen molar-refractivity contribution in [3.05, 3.63) is 41.3 Å². The molecule has 1 aromatic heterocycles. The van der Waals surface area contributed by atoms with Gasteiger partial charge in [0.25, 0.3) is 0 Å². The van der Waals surface area contributed by atoms with Gasteiger partial charge < -0.3 is 14.0 Å². The van der Waals surface area contributed by atoms with Crippen molar-refractivity contribution in [2.24, 2.45) is 0 Å². The van der Waals surface area contributed by atoms with Gasteiger partial charge in [0.15, 0.2) is 11.5 Å². The summed E-state index contributed by atoms with van der Waals surface area (Å²) in [7, 11) is 3.33. The standard InChI is InChI=1S/C19H26N2O3/c1-4-6-15-12-16(20-24-15)17-7-5-10-21(17)13-14-8-9-18(22-2)19(11-14)23-3/h8-9,11-12,17H,4-7,10,13H2,1-3H3. The highest BCUT2D eigenvalue weighted by Crippen LogP contribution is 2.34. The van der Waals surface area contributed by atoms with Crippen molar-refractivity contribution in [3.8, 4) is 11.5 Å². The van der Waals surface area contributed by atoms with Crippen molar-refractivity contribution >= 4 is 0 Å². The van der Waals surface area contributed by atoms with Crippen molar-refractivity contribution in [2.45, 2.75) is 45.2 Å². The Hall–Kier alpha value is -2.01. The van der Waals surface area contributed by atoms with Gasteiger partial charge in [-0.1, -0.05) is 18.1 Å². The van der Waals surface area contributed by atoms with Crippen LogP contribution in [0.25, 0.3) is 0 Å². The molecule has 1 saturated heterocycles. The number of aryl methyl sites for hydroxylation is 1. The van der Waals surface area contributed by atoms with Crippen LogP contribution in [0.3, 0.4) is 0 Å². The zero-order chi connectivity index (χ0) is 16.9. The van der Waals surface area contributed by atoms with Crippen LogP contribution in [-0.2, 0) is 13.0 Å². The van der Waals surface area contributed by atoms with E-state index >= 15 is 0 Å². The molecular weight excluding hydrogens is 304 g/mol. The normalized spacial score (nSPS) is 18.0. The topological polar surface area (TPSA) is 47.7 Å². The first-order valence-electron chi connectivity index (χ1n) is 8.65. The number of methoxy groups -OCH3 is 2. The van der Waals surface area contributed by atoms with Gasteiger partial charge in [-0.05, 0) is 43.5 Å². The molecular formula is C19H26N2O3. The van der Waals surface area contributed by atoms with E-state index in [1.54, 1.807) is 14.2 Å². The Morgan fingerprint density at radius 3 is 2.79 bits per heavy atom. The molecule has 1 fully saturated rings. The SMILES string of the molecule is CCCc1cc(C2CCCN2Cc2ccc(OC)c(OC)c2)no1. The lowest BCUT2D eigenvalue weighted by Gasteiger charge is -2.23. The lowest BCUT2D eigenvalue weighted by molar-refractivity contribution is 0.236. The Labute approximate surface area is 143 Å². The van der Waals surface area contributed by atoms with Gasteiger partial charge in [0, 0.05) is 19.0 Å². The van der Waals surface area contributed by atoms with Crippen molar-refractivity contribution in [1.29, 1.82) is 0 Å². The van der Waals surface area contributed by atoms with Crippen molar-refractivity contribution in [2.75, 3.05) is 20.8 Å². The van der Waals surface area contributed by atoms with Crippen LogP contribution in [0.5, 0.6) is 11.5 Å². The largest absolute Gasteiger partial charge is 0.493 e. The summed E-state index contributed by atoms with van der Waals surface area (Å²) in [6.07, 6.45) is 4.35. The first-order chi connectivity index (χ1) is 11.7. The average Bonchev–Trinajstić information content (AvgIpc) is 3.24. The van der Waals surface area contributed by atoms with Crippen molar-refractivity contribution < 1.29 is 14.0 Å². The van der Waals surface area contributed by atoms with E-state index in [0.29, 0.717) is 6.04 Å². The first kappa shape index (κ1) is 16.8. The molecule has 2 aromatic rings. The summed E-state index contributed by atoms with van der Waals surface area (Å²) in [5.41, 5.74) is 2.29. The number of hydrogen-bond acceptors (Lipinski definition) is 5. The Morgan fingerprint density at radius 1 is 1.21 bits per heavy atom. The van der Waals surface area contributed by atoms with Crippen LogP contribution >= 0.6 is 0 Å². The van der Waals surface area contributed by atoms with E-state index in [9.17, 15) is 0 Å². The molecule has 2 heterocycles. The van der Waals surface area contributed by atoms with Gasteiger partial charge >= 0.3 is 0 Å². The van der Waals surface area contributed by atoms with E-state index in [0.717, 1.165) is 55.3 Å². The molecule has 0 radical (unpaired) electrons. The molecule has 1 atom stereocenters. The average molecular weight is 330 g/mol. The number of rotatable bonds is 7. The number of ether oxygens (including phenoxy) is 2. The molecule has 0 amide bonds. The maximum Gasteiger partial charge on any atom is 0.161 e. The molecule has 0 bridgehead atoms. The van der Waals surface area contributed by atoms with Crippen molar-refractivity contribution in [3.63, 3.8) is 0 Å². The minimum Gasteiger partial charge on any atom is -0.493 e. The van der Waals surface area contributed by atoms with E-state index in [4.69, 9.17) is 14.0 Å². The number of hydrogen-bond donors (Lipinski definition) is 0. The molecule has 5 nitrogen and oxygen atoms in total. The van der Waals surface area contributed by atoms with E-state index in [-0.39, 0.29) is 0 Å². The van der Waals surface area contributed by atoms with E-state index in [2.05, 4.69) is 35.2 Å². The summed E-state index contributed by atoms with van der Waals surface area (Å²) in [5.74, 6) is 2.53. The predicted octanol–water partition coefficient (Wildman–Crippen LogP) is 3.98. The zero-order valence-electron chi connectivity index (χ0n) is 14.7. The monoisotopic (exact) mass is 330 g/mol. The van der Waals surface area contributed by atoms with Crippen LogP contribution in [0.15, 0.2) is 28.8 Å². The fourth-order valence-corrected chi connectivity index (χ4v) is 3.41. The molecule has 0 saturated carbocycles. The highest BCUT2D eigenvalue weighted by molar-refractivity contribution is 5.42. The van der Waals surface area contributed by atoms with Crippen LogP contribution in [-0.4, -0.2) is 30.8 Å². The highest BCUT2D eigenvalue weighted by Gasteiger charge is 2.28. The molecule has 1 aromatic carbocycles. The highest BCUT2D eigenvalue weighted by atomic mass is 16.5. The Kier molecular flexibility index (Phi) is 5.41. The quantitative estimate of drug-likeness (QED) is 0.768. The lowest BCUT2D eigenvalue weighted by atomic mass is 10.1. The molecule has 0 aliphatic carbocycles. The number of nitrogens with zero attached hydrogens (tertiary/aromatic N) is 2. The third-order valence-electron chi connectivity index (χ3n) is 4.61. The second-order valence-corrected chi connectivity index (χ2v) is 6.29. The molecule has 24 heavy (non-hydrogen) atoms. The fraction of sp³-hybridized carbons (Fsp3) is 0.526. The van der Waals surface area contributed by atoms with E-state index in [1.807, 2.05) is 6.07 Å². The summed E-state index contributed by atoms with van der Waals surface area (Å²) >= 11 is 0. The van der Waals surface area contributed by atoms with Gasteiger partial charge in [-0.15, -0.1) is 0 Å². The Balaban J connectivity index is 1.73. The van der Waals surface area contributed by atoms with Gasteiger partial charge in [-0.25, -0.2) is 0 Å². The van der Waals surface area contributed by atoms with Crippen LogP contribution in [0, 0.1) is 0 Å². The van der Waals surface area contributed by atoms with E-state index in [1.165, 1.54) is 12.0 Å². The zero-order valence-corrected chi connectivity index (χ0v) is 14.7. The molecule has 1 aliphatic heterocycles. The molecule has 1 unspecified atom stereocenters. The van der Waals surface area contributed by atoms with Gasteiger partial charge in [-0.3, -0.25) is 4.90 Å². The number of aromatic nitrogens is 1. The van der Waals surface area contributed by atoms with Gasteiger partial charge in [0.05, 0.1) is 20.3 Å². The Bertz CT molecular complexity index is 668. The third-order valence-corrected chi connectivity index (χ3v) is 4.61. The van der Waals surface area contributed by atoms with Gasteiger partial charge in [0.1, 0.15) is 11.5 Å². The second kappa shape index (κ2) is 7.71. The minimum absolute atomic E-state index is 0.340. The smallest absolute Gasteiger partial charge is 0.161 e. The minimum atomic E-state index is 0.340. The van der Waals surface area contributed by atoms with Gasteiger partial charge in [0.2, 0.25) is 0 Å². The van der Waals surface area contributed by atoms with E-state index < -0.39 is 0 Å². The molecule has 130 valence electrons. The third kappa shape index (κ3) is 3.56. The molecule has 0 N–H and O–H groups in total. The fourth-order valence-electron chi connectivity index (χ4n) is 3.41. The molecule has 5 heteroatoms. The van der Waals surface area contributed by atoms with Crippen LogP contribution in [0.4, 0.5) is 0 Å². The van der Waals surface area contributed by atoms with Crippen LogP contribution in [0.1, 0.15) is 49.2 Å². The number of likely N-dealkylation sites (tertiary alicyclic amines) is 1. The maximum atomic E-state index is 5.47. The van der Waals surface area contributed by atoms with Crippen LogP contribution in [0.2, 0.25) is 0 Å². The second-order valence-electron chi connectivity index (χ2n) is 6.29. The summed E-state index contributed by atoms with van der Waals surface area (Å²) < 4.78 is 16.2. The maximum absolute atomic E-state index is 5.47. The molecule has 0 spiro atoms. The first-order valence-corrected chi connectivity index (χ1v) is 8.65. The molecule has 3 rings (SSSR count). The predicted molar refractivity (Wildman–Crippen MR) is 92.4 cm³/mol. The lowest BCUT2D eigenvalue weighted by Crippen LogP contribution is -2.23. The molecule has 1 aliphatic rings. The summed E-state index contributed by atoms with van der Waals surface area (Å²) in [6, 6.07) is 8.59. The summed E-state index contributed by atoms with van der Waals surface area (Å²) in [4.78, 5) is 2.47. The number of benzene rings is 1. The Morgan fingerprint density at radius 2 is 2.04 bits per heavy atom. The van der Waals surface area contributed by atoms with Gasteiger partial charge in [-0.2, -0.15) is 0 Å². The van der Waals surface area contributed by atoms with Crippen LogP contribution < -0.4 is 9.47 Å².